The first-order valence-electron chi connectivity index (χ1n) is 13.1. The summed E-state index contributed by atoms with van der Waals surface area (Å²) in [5.41, 5.74) is 9.77. The molecule has 2 aliphatic rings. The summed E-state index contributed by atoms with van der Waals surface area (Å²) in [6, 6.07) is 43.9. The molecule has 1 atom stereocenters. The van der Waals surface area contributed by atoms with Gasteiger partial charge in [0.2, 0.25) is 0 Å². The fourth-order valence-electron chi connectivity index (χ4n) is 6.04. The maximum atomic E-state index is 4.92. The van der Waals surface area contributed by atoms with Crippen LogP contribution in [0.2, 0.25) is 0 Å². The molecule has 0 amide bonds. The van der Waals surface area contributed by atoms with Crippen molar-refractivity contribution in [3.05, 3.63) is 137 Å². The Labute approximate surface area is 226 Å². The van der Waals surface area contributed by atoms with Gasteiger partial charge in [-0.2, -0.15) is 0 Å². The molecule has 6 aromatic rings. The third kappa shape index (κ3) is 3.32. The highest BCUT2D eigenvalue weighted by Gasteiger charge is 2.32. The second-order valence-electron chi connectivity index (χ2n) is 9.95. The third-order valence-electron chi connectivity index (χ3n) is 7.78. The lowest BCUT2D eigenvalue weighted by Crippen LogP contribution is -2.03. The Morgan fingerprint density at radius 3 is 2.11 bits per heavy atom. The van der Waals surface area contributed by atoms with Crippen molar-refractivity contribution in [3.8, 4) is 16.8 Å². The highest BCUT2D eigenvalue weighted by Crippen LogP contribution is 2.54. The number of benzene rings is 5. The minimum Gasteiger partial charge on any atom is -0.309 e. The molecule has 0 aliphatic carbocycles. The number of para-hydroxylation sites is 2. The number of aromatic nitrogens is 1. The van der Waals surface area contributed by atoms with Gasteiger partial charge in [-0.05, 0) is 59.5 Å². The van der Waals surface area contributed by atoms with Gasteiger partial charge in [0.1, 0.15) is 0 Å². The maximum absolute atomic E-state index is 4.92. The zero-order valence-corrected chi connectivity index (χ0v) is 21.5. The van der Waals surface area contributed by atoms with Crippen molar-refractivity contribution in [2.45, 2.75) is 17.2 Å². The zero-order chi connectivity index (χ0) is 25.1. The molecule has 0 fully saturated rings. The molecule has 2 aliphatic heterocycles. The van der Waals surface area contributed by atoms with E-state index in [1.807, 2.05) is 11.8 Å². The Morgan fingerprint density at radius 2 is 1.29 bits per heavy atom. The average molecular weight is 505 g/mol. The molecule has 0 bridgehead atoms. The number of aliphatic imine (C=N–C) groups is 1. The van der Waals surface area contributed by atoms with Crippen molar-refractivity contribution in [3.63, 3.8) is 0 Å². The highest BCUT2D eigenvalue weighted by molar-refractivity contribution is 8.03. The van der Waals surface area contributed by atoms with Crippen LogP contribution >= 0.6 is 11.8 Å². The van der Waals surface area contributed by atoms with Crippen LogP contribution in [0.15, 0.2) is 136 Å². The number of fused-ring (bicyclic) bond motifs is 6. The van der Waals surface area contributed by atoms with Gasteiger partial charge in [-0.3, -0.25) is 4.99 Å². The van der Waals surface area contributed by atoms with E-state index in [4.69, 9.17) is 4.99 Å². The van der Waals surface area contributed by atoms with Crippen LogP contribution < -0.4 is 0 Å². The second kappa shape index (κ2) is 8.61. The summed E-state index contributed by atoms with van der Waals surface area (Å²) in [6.45, 7) is 0. The fourth-order valence-corrected chi connectivity index (χ4v) is 7.39. The molecular weight excluding hydrogens is 480 g/mol. The molecule has 38 heavy (non-hydrogen) atoms. The molecule has 3 heterocycles. The first-order chi connectivity index (χ1) is 18.8. The lowest BCUT2D eigenvalue weighted by Gasteiger charge is -2.18. The summed E-state index contributed by atoms with van der Waals surface area (Å²) in [6.07, 6.45) is 3.07. The molecule has 3 heteroatoms. The van der Waals surface area contributed by atoms with Gasteiger partial charge in [-0.25, -0.2) is 0 Å². The van der Waals surface area contributed by atoms with E-state index in [1.165, 1.54) is 59.5 Å². The third-order valence-corrected chi connectivity index (χ3v) is 9.07. The smallest absolute Gasteiger partial charge is 0.0803 e. The number of hydrogen-bond acceptors (Lipinski definition) is 2. The predicted octanol–water partition coefficient (Wildman–Crippen LogP) is 9.48. The van der Waals surface area contributed by atoms with E-state index in [-0.39, 0.29) is 0 Å². The molecule has 5 aromatic carbocycles. The van der Waals surface area contributed by atoms with E-state index in [9.17, 15) is 0 Å². The molecule has 180 valence electrons. The maximum Gasteiger partial charge on any atom is 0.0803 e. The first kappa shape index (κ1) is 21.7. The predicted molar refractivity (Wildman–Crippen MR) is 161 cm³/mol. The quantitative estimate of drug-likeness (QED) is 0.235. The summed E-state index contributed by atoms with van der Waals surface area (Å²) in [5.74, 6) is 0.422. The van der Waals surface area contributed by atoms with Crippen LogP contribution in [-0.2, 0) is 0 Å². The van der Waals surface area contributed by atoms with Crippen LogP contribution in [0.5, 0.6) is 0 Å². The van der Waals surface area contributed by atoms with Crippen LogP contribution in [0.3, 0.4) is 0 Å². The zero-order valence-electron chi connectivity index (χ0n) is 20.7. The van der Waals surface area contributed by atoms with Crippen LogP contribution in [0.4, 0.5) is 0 Å². The molecule has 0 saturated heterocycles. The lowest BCUT2D eigenvalue weighted by atomic mass is 9.91. The fraction of sp³-hybridized carbons (Fsp3) is 0.0571. The molecule has 0 saturated carbocycles. The van der Waals surface area contributed by atoms with Crippen molar-refractivity contribution in [2.24, 2.45) is 4.99 Å². The van der Waals surface area contributed by atoms with Crippen LogP contribution in [0, 0.1) is 0 Å². The van der Waals surface area contributed by atoms with Gasteiger partial charge in [-0.15, -0.1) is 0 Å². The van der Waals surface area contributed by atoms with Crippen molar-refractivity contribution < 1.29 is 0 Å². The Kier molecular flexibility index (Phi) is 4.92. The minimum absolute atomic E-state index is 0.422. The largest absolute Gasteiger partial charge is 0.309 e. The number of rotatable bonds is 3. The molecular formula is C35H24N2S. The van der Waals surface area contributed by atoms with Crippen molar-refractivity contribution in [1.29, 1.82) is 0 Å². The summed E-state index contributed by atoms with van der Waals surface area (Å²) in [7, 11) is 0. The highest BCUT2D eigenvalue weighted by atomic mass is 32.2. The van der Waals surface area contributed by atoms with E-state index in [0.717, 1.165) is 12.1 Å². The first-order valence-corrected chi connectivity index (χ1v) is 13.9. The Hall–Kier alpha value is -4.34. The minimum atomic E-state index is 0.422. The summed E-state index contributed by atoms with van der Waals surface area (Å²) in [5, 5.41) is 2.56. The van der Waals surface area contributed by atoms with Gasteiger partial charge in [0.05, 0.1) is 16.7 Å². The molecule has 2 nitrogen and oxygen atoms in total. The molecule has 0 N–H and O–H groups in total. The van der Waals surface area contributed by atoms with E-state index >= 15 is 0 Å². The number of hydrogen-bond donors (Lipinski definition) is 0. The van der Waals surface area contributed by atoms with Crippen LogP contribution in [0.25, 0.3) is 44.3 Å². The van der Waals surface area contributed by atoms with Crippen molar-refractivity contribution in [2.75, 3.05) is 0 Å². The molecule has 0 radical (unpaired) electrons. The summed E-state index contributed by atoms with van der Waals surface area (Å²) < 4.78 is 2.38. The number of thioether (sulfide) groups is 1. The monoisotopic (exact) mass is 504 g/mol. The van der Waals surface area contributed by atoms with Gasteiger partial charge in [0.15, 0.2) is 0 Å². The van der Waals surface area contributed by atoms with Crippen molar-refractivity contribution >= 4 is 45.5 Å². The van der Waals surface area contributed by atoms with Gasteiger partial charge < -0.3 is 4.57 Å². The average Bonchev–Trinajstić information content (AvgIpc) is 3.53. The topological polar surface area (TPSA) is 17.3 Å². The number of allylic oxidation sites excluding steroid dienone is 1. The van der Waals surface area contributed by atoms with E-state index in [0.29, 0.717) is 5.92 Å². The SMILES string of the molecule is C1=NC(c2cccc(-c3cccc(-n4c5ccccc5c5ccccc54)c3)c2)=C2Sc3ccccc3C2C1. The van der Waals surface area contributed by atoms with Crippen molar-refractivity contribution in [1.82, 2.24) is 4.57 Å². The Bertz CT molecular complexity index is 1890. The molecule has 0 spiro atoms. The summed E-state index contributed by atoms with van der Waals surface area (Å²) in [4.78, 5) is 7.66. The Morgan fingerprint density at radius 1 is 0.632 bits per heavy atom. The Balaban J connectivity index is 1.24. The lowest BCUT2D eigenvalue weighted by molar-refractivity contribution is 0.873. The molecule has 1 aromatic heterocycles. The van der Waals surface area contributed by atoms with Gasteiger partial charge in [-0.1, -0.05) is 96.7 Å². The van der Waals surface area contributed by atoms with E-state index in [2.05, 4.69) is 132 Å². The summed E-state index contributed by atoms with van der Waals surface area (Å²) >= 11 is 1.89. The normalized spacial score (nSPS) is 16.3. The van der Waals surface area contributed by atoms with Gasteiger partial charge in [0, 0.05) is 44.0 Å². The van der Waals surface area contributed by atoms with Crippen LogP contribution in [0.1, 0.15) is 23.5 Å². The molecule has 1 unspecified atom stereocenters. The molecule has 8 rings (SSSR count). The van der Waals surface area contributed by atoms with E-state index in [1.54, 1.807) is 0 Å². The van der Waals surface area contributed by atoms with Crippen LogP contribution in [-0.4, -0.2) is 10.8 Å². The number of nitrogens with zero attached hydrogens (tertiary/aromatic N) is 2. The standard InChI is InChI=1S/C35H24N2S/c1-4-16-31-27(13-1)28-14-2-5-17-32(28)37(31)26-12-8-10-24(22-26)23-9-7-11-25(21-23)34-35-30(19-20-36-34)29-15-3-6-18-33(29)38-35/h1-18,20-22,30H,19H2. The van der Waals surface area contributed by atoms with E-state index < -0.39 is 0 Å². The van der Waals surface area contributed by atoms with Gasteiger partial charge in [0.25, 0.3) is 0 Å². The van der Waals surface area contributed by atoms with Gasteiger partial charge >= 0.3 is 0 Å². The second-order valence-corrected chi connectivity index (χ2v) is 11.0.